The highest BCUT2D eigenvalue weighted by atomic mass is 79.9. The molecule has 3 aromatic carbocycles. The van der Waals surface area contributed by atoms with E-state index in [0.29, 0.717) is 31.8 Å². The quantitative estimate of drug-likeness (QED) is 0.317. The van der Waals surface area contributed by atoms with Gasteiger partial charge in [-0.05, 0) is 49.2 Å². The van der Waals surface area contributed by atoms with Crippen LogP contribution >= 0.6 is 7.26 Å². The molecular formula is C36H44BrO5P. The third-order valence-electron chi connectivity index (χ3n) is 8.73. The van der Waals surface area contributed by atoms with Gasteiger partial charge in [0.1, 0.15) is 29.0 Å². The molecule has 0 N–H and O–H groups in total. The summed E-state index contributed by atoms with van der Waals surface area (Å²) in [4.78, 5) is 10.9. The monoisotopic (exact) mass is 666 g/mol. The predicted molar refractivity (Wildman–Crippen MR) is 171 cm³/mol. The first kappa shape index (κ1) is 33.7. The number of carbonyl (C=O) groups is 1. The zero-order valence-electron chi connectivity index (χ0n) is 25.2. The molecule has 2 aliphatic heterocycles. The average molecular weight is 668 g/mol. The topological polar surface area (TPSA) is 54.0 Å². The van der Waals surface area contributed by atoms with Gasteiger partial charge in [-0.2, -0.15) is 0 Å². The second-order valence-corrected chi connectivity index (χ2v) is 15.1. The lowest BCUT2D eigenvalue weighted by molar-refractivity contribution is -0.179. The van der Waals surface area contributed by atoms with Crippen molar-refractivity contribution in [1.82, 2.24) is 0 Å². The minimum absolute atomic E-state index is 0. The Labute approximate surface area is 268 Å². The second kappa shape index (κ2) is 15.7. The molecule has 2 saturated heterocycles. The normalized spacial score (nSPS) is 20.4. The Bertz CT molecular complexity index is 1130. The minimum Gasteiger partial charge on any atom is -1.00 e. The van der Waals surface area contributed by atoms with Crippen LogP contribution in [0.1, 0.15) is 51.4 Å². The van der Waals surface area contributed by atoms with Crippen LogP contribution in [0.15, 0.2) is 103 Å². The molecule has 230 valence electrons. The van der Waals surface area contributed by atoms with Crippen molar-refractivity contribution >= 4 is 29.0 Å². The molecule has 0 unspecified atom stereocenters. The smallest absolute Gasteiger partial charge is 0.169 e. The van der Waals surface area contributed by atoms with Crippen LogP contribution in [0.4, 0.5) is 0 Å². The van der Waals surface area contributed by atoms with Gasteiger partial charge in [-0.3, -0.25) is 4.79 Å². The number of Topliss-reactive ketones (excluding diaryl/α,β-unsaturated/α-hetero) is 1. The Hall–Kier alpha value is -2.18. The molecule has 0 bridgehead atoms. The number of hydrogen-bond acceptors (Lipinski definition) is 5. The standard InChI is InChI=1S/C19H18P.C9H14O2.C8H12O3.BrH/c1-20(17-11-5-2-6-12-17,18-13-7-3-8-14-18)19-15-9-4-10-16-19;1-8-2-4-9(5-3-8)10-6-7-11-9;9-7-1-3-8(4-2-7)10-5-6-11-8;/h2-16H,1H3;1-7H2;1-6H2;1H/q+1;;;/p-1. The van der Waals surface area contributed by atoms with E-state index >= 15 is 0 Å². The van der Waals surface area contributed by atoms with Crippen molar-refractivity contribution < 1.29 is 40.7 Å². The minimum atomic E-state index is -1.53. The van der Waals surface area contributed by atoms with Crippen LogP contribution in [0.25, 0.3) is 0 Å². The van der Waals surface area contributed by atoms with E-state index in [0.717, 1.165) is 51.7 Å². The molecule has 0 atom stereocenters. The third-order valence-corrected chi connectivity index (χ3v) is 12.7. The lowest BCUT2D eigenvalue weighted by Gasteiger charge is -2.32. The number of allylic oxidation sites excluding steroid dienone is 1. The first-order chi connectivity index (χ1) is 20.4. The summed E-state index contributed by atoms with van der Waals surface area (Å²) >= 11 is 0. The molecule has 2 saturated carbocycles. The van der Waals surface area contributed by atoms with Crippen LogP contribution < -0.4 is 32.9 Å². The van der Waals surface area contributed by atoms with Gasteiger partial charge < -0.3 is 35.9 Å². The molecule has 7 heteroatoms. The Balaban J connectivity index is 0.000000157. The van der Waals surface area contributed by atoms with E-state index in [9.17, 15) is 4.79 Å². The lowest BCUT2D eigenvalue weighted by Crippen LogP contribution is -3.00. The number of ketones is 1. The summed E-state index contributed by atoms with van der Waals surface area (Å²) in [5.41, 5.74) is 1.34. The number of ether oxygens (including phenoxy) is 4. The Morgan fingerprint density at radius 3 is 1.19 bits per heavy atom. The maximum atomic E-state index is 10.9. The van der Waals surface area contributed by atoms with Gasteiger partial charge in [-0.15, -0.1) is 0 Å². The molecule has 2 heterocycles. The van der Waals surface area contributed by atoms with Crippen LogP contribution in [0.5, 0.6) is 0 Å². The van der Waals surface area contributed by atoms with Crippen LogP contribution in [0.3, 0.4) is 0 Å². The summed E-state index contributed by atoms with van der Waals surface area (Å²) in [5, 5.41) is 4.28. The summed E-state index contributed by atoms with van der Waals surface area (Å²) in [6.45, 7) is 9.29. The highest BCUT2D eigenvalue weighted by Crippen LogP contribution is 2.51. The van der Waals surface area contributed by atoms with Crippen molar-refractivity contribution in [1.29, 1.82) is 0 Å². The molecular weight excluding hydrogens is 623 g/mol. The molecule has 2 aliphatic carbocycles. The molecule has 7 rings (SSSR count). The Morgan fingerprint density at radius 1 is 0.558 bits per heavy atom. The highest BCUT2D eigenvalue weighted by molar-refractivity contribution is 7.95. The van der Waals surface area contributed by atoms with Gasteiger partial charge in [-0.1, -0.05) is 66.7 Å². The molecule has 3 aromatic rings. The molecule has 0 aromatic heterocycles. The van der Waals surface area contributed by atoms with Gasteiger partial charge in [0.05, 0.1) is 33.1 Å². The van der Waals surface area contributed by atoms with Gasteiger partial charge in [0.25, 0.3) is 0 Å². The fourth-order valence-corrected chi connectivity index (χ4v) is 9.29. The summed E-state index contributed by atoms with van der Waals surface area (Å²) in [6.07, 6.45) is 6.91. The maximum Gasteiger partial charge on any atom is 0.169 e. The van der Waals surface area contributed by atoms with Crippen molar-refractivity contribution in [2.75, 3.05) is 33.1 Å². The highest BCUT2D eigenvalue weighted by Gasteiger charge is 2.41. The lowest BCUT2D eigenvalue weighted by atomic mass is 9.91. The molecule has 2 spiro atoms. The van der Waals surface area contributed by atoms with Gasteiger partial charge in [0, 0.05) is 38.5 Å². The van der Waals surface area contributed by atoms with Crippen LogP contribution in [-0.4, -0.2) is 50.4 Å². The van der Waals surface area contributed by atoms with Crippen LogP contribution in [0.2, 0.25) is 0 Å². The summed E-state index contributed by atoms with van der Waals surface area (Å²) < 4.78 is 22.0. The number of hydrogen-bond donors (Lipinski definition) is 0. The molecule has 5 nitrogen and oxygen atoms in total. The zero-order chi connectivity index (χ0) is 29.3. The number of rotatable bonds is 3. The second-order valence-electron chi connectivity index (χ2n) is 11.5. The van der Waals surface area contributed by atoms with Crippen LogP contribution in [-0.2, 0) is 23.7 Å². The van der Waals surface area contributed by atoms with E-state index in [4.69, 9.17) is 18.9 Å². The first-order valence-corrected chi connectivity index (χ1v) is 17.4. The molecule has 43 heavy (non-hydrogen) atoms. The van der Waals surface area contributed by atoms with Crippen molar-refractivity contribution in [2.24, 2.45) is 0 Å². The van der Waals surface area contributed by atoms with E-state index < -0.39 is 7.26 Å². The summed E-state index contributed by atoms with van der Waals surface area (Å²) in [7, 11) is -1.53. The summed E-state index contributed by atoms with van der Waals surface area (Å²) in [5.74, 6) is -0.232. The van der Waals surface area contributed by atoms with Gasteiger partial charge >= 0.3 is 0 Å². The van der Waals surface area contributed by atoms with Gasteiger partial charge in [0.2, 0.25) is 0 Å². The summed E-state index contributed by atoms with van der Waals surface area (Å²) in [6, 6.07) is 32.6. The van der Waals surface area contributed by atoms with E-state index in [1.165, 1.54) is 21.5 Å². The first-order valence-electron chi connectivity index (χ1n) is 15.2. The largest absolute Gasteiger partial charge is 1.00 e. The van der Waals surface area contributed by atoms with E-state index in [1.54, 1.807) is 0 Å². The van der Waals surface area contributed by atoms with E-state index in [2.05, 4.69) is 104 Å². The fraction of sp³-hybridized carbons (Fsp3) is 0.417. The molecule has 0 radical (unpaired) electrons. The van der Waals surface area contributed by atoms with Crippen molar-refractivity contribution in [2.45, 2.75) is 62.9 Å². The van der Waals surface area contributed by atoms with Gasteiger partial charge in [0.15, 0.2) is 11.6 Å². The number of halogens is 1. The third kappa shape index (κ3) is 8.51. The molecule has 4 fully saturated rings. The molecule has 4 aliphatic rings. The number of carbonyl (C=O) groups excluding carboxylic acids is 1. The van der Waals surface area contributed by atoms with Crippen molar-refractivity contribution in [3.8, 4) is 0 Å². The Morgan fingerprint density at radius 2 is 0.860 bits per heavy atom. The zero-order valence-corrected chi connectivity index (χ0v) is 27.7. The van der Waals surface area contributed by atoms with E-state index in [-0.39, 0.29) is 28.6 Å². The maximum absolute atomic E-state index is 10.9. The van der Waals surface area contributed by atoms with Crippen molar-refractivity contribution in [3.63, 3.8) is 0 Å². The van der Waals surface area contributed by atoms with Crippen LogP contribution in [0, 0.1) is 0 Å². The Kier molecular flexibility index (Phi) is 12.3. The van der Waals surface area contributed by atoms with Crippen molar-refractivity contribution in [3.05, 3.63) is 103 Å². The SMILES string of the molecule is C=C1CCC2(CC1)OCCO2.C[P+](c1ccccc1)(c1ccccc1)c1ccccc1.O=C1CCC2(CC1)OCCO2.[Br-]. The van der Waals surface area contributed by atoms with Gasteiger partial charge in [-0.25, -0.2) is 0 Å². The molecule has 0 amide bonds. The predicted octanol–water partition coefficient (Wildman–Crippen LogP) is 3.35. The average Bonchev–Trinajstić information content (AvgIpc) is 3.72. The fourth-order valence-electron chi connectivity index (χ4n) is 6.09. The number of benzene rings is 3. The van der Waals surface area contributed by atoms with E-state index in [1.807, 2.05) is 0 Å².